The molecule has 22 heavy (non-hydrogen) atoms. The Kier molecular flexibility index (Phi) is 8.56. The number of halogens is 1. The van der Waals surface area contributed by atoms with Crippen molar-refractivity contribution in [1.29, 1.82) is 0 Å². The molecule has 1 N–H and O–H groups in total. The van der Waals surface area contributed by atoms with Gasteiger partial charge in [0.25, 0.3) is 5.91 Å². The number of hydrogen-bond donors (Lipinski definition) is 1. The number of unbranched alkanes of at least 4 members (excludes halogenated alkanes) is 1. The van der Waals surface area contributed by atoms with Crippen LogP contribution in [-0.2, 0) is 4.79 Å². The van der Waals surface area contributed by atoms with E-state index in [0.717, 1.165) is 12.8 Å². The minimum atomic E-state index is -0.533. The summed E-state index contributed by atoms with van der Waals surface area (Å²) in [5, 5.41) is 2.99. The maximum Gasteiger partial charge on any atom is 0.261 e. The Bertz CT molecular complexity index is 433. The van der Waals surface area contributed by atoms with Gasteiger partial charge >= 0.3 is 0 Å². The Hall–Kier alpha value is -1.58. The van der Waals surface area contributed by atoms with E-state index < -0.39 is 6.10 Å². The van der Waals surface area contributed by atoms with E-state index in [0.29, 0.717) is 24.6 Å². The molecule has 1 aromatic carbocycles. The molecule has 3 nitrogen and oxygen atoms in total. The van der Waals surface area contributed by atoms with Crippen molar-refractivity contribution in [1.82, 2.24) is 5.32 Å². The number of benzene rings is 1. The third-order valence-electron chi connectivity index (χ3n) is 3.86. The third-order valence-corrected chi connectivity index (χ3v) is 3.86. The quantitative estimate of drug-likeness (QED) is 0.699. The van der Waals surface area contributed by atoms with Gasteiger partial charge in [-0.05, 0) is 43.0 Å². The van der Waals surface area contributed by atoms with Crippen LogP contribution in [0.2, 0.25) is 0 Å². The van der Waals surface area contributed by atoms with E-state index in [2.05, 4.69) is 19.2 Å². The second-order valence-electron chi connectivity index (χ2n) is 5.63. The van der Waals surface area contributed by atoms with E-state index >= 15 is 0 Å². The first-order valence-corrected chi connectivity index (χ1v) is 8.30. The van der Waals surface area contributed by atoms with Crippen molar-refractivity contribution in [2.75, 3.05) is 6.54 Å². The average Bonchev–Trinajstić information content (AvgIpc) is 2.54. The van der Waals surface area contributed by atoms with Crippen LogP contribution in [0.1, 0.15) is 52.9 Å². The van der Waals surface area contributed by atoms with Gasteiger partial charge in [-0.25, -0.2) is 4.39 Å². The first kappa shape index (κ1) is 18.5. The molecule has 0 aliphatic heterocycles. The zero-order valence-corrected chi connectivity index (χ0v) is 13.9. The van der Waals surface area contributed by atoms with Crippen molar-refractivity contribution >= 4 is 5.91 Å². The van der Waals surface area contributed by atoms with Gasteiger partial charge in [-0.1, -0.05) is 40.0 Å². The molecule has 4 heteroatoms. The van der Waals surface area contributed by atoms with Gasteiger partial charge in [0.15, 0.2) is 6.10 Å². The van der Waals surface area contributed by atoms with E-state index in [-0.39, 0.29) is 11.7 Å². The summed E-state index contributed by atoms with van der Waals surface area (Å²) in [4.78, 5) is 12.2. The van der Waals surface area contributed by atoms with Gasteiger partial charge in [-0.15, -0.1) is 0 Å². The second kappa shape index (κ2) is 10.2. The monoisotopic (exact) mass is 309 g/mol. The van der Waals surface area contributed by atoms with Crippen LogP contribution >= 0.6 is 0 Å². The average molecular weight is 309 g/mol. The van der Waals surface area contributed by atoms with Gasteiger partial charge in [0.05, 0.1) is 0 Å². The molecule has 0 radical (unpaired) electrons. The molecule has 1 aromatic rings. The maximum absolute atomic E-state index is 12.9. The van der Waals surface area contributed by atoms with Crippen LogP contribution in [0.3, 0.4) is 0 Å². The number of amides is 1. The molecular formula is C18H28FNO2. The zero-order chi connectivity index (χ0) is 16.4. The molecule has 0 aliphatic carbocycles. The SMILES string of the molecule is CCCC[C@H](CC)CNC(=O)[C@H](CC)Oc1ccc(F)cc1. The Morgan fingerprint density at radius 2 is 1.86 bits per heavy atom. The number of hydrogen-bond acceptors (Lipinski definition) is 2. The Morgan fingerprint density at radius 3 is 2.41 bits per heavy atom. The summed E-state index contributed by atoms with van der Waals surface area (Å²) >= 11 is 0. The molecule has 0 bridgehead atoms. The molecule has 1 rings (SSSR count). The summed E-state index contributed by atoms with van der Waals surface area (Å²) in [6.07, 6.45) is 4.62. The molecule has 0 aromatic heterocycles. The van der Waals surface area contributed by atoms with Gasteiger partial charge in [-0.3, -0.25) is 4.79 Å². The summed E-state index contributed by atoms with van der Waals surface area (Å²) in [5.74, 6) is 0.627. The predicted molar refractivity (Wildman–Crippen MR) is 87.4 cm³/mol. The minimum absolute atomic E-state index is 0.0956. The number of carbonyl (C=O) groups is 1. The van der Waals surface area contributed by atoms with Gasteiger partial charge in [0.1, 0.15) is 11.6 Å². The van der Waals surface area contributed by atoms with E-state index in [1.165, 1.54) is 25.0 Å². The fourth-order valence-electron chi connectivity index (χ4n) is 2.30. The molecule has 0 saturated heterocycles. The Balaban J connectivity index is 2.48. The maximum atomic E-state index is 12.9. The van der Waals surface area contributed by atoms with Crippen LogP contribution in [0.15, 0.2) is 24.3 Å². The van der Waals surface area contributed by atoms with Crippen LogP contribution in [0, 0.1) is 11.7 Å². The highest BCUT2D eigenvalue weighted by molar-refractivity contribution is 5.81. The van der Waals surface area contributed by atoms with Crippen LogP contribution < -0.4 is 10.1 Å². The molecule has 124 valence electrons. The lowest BCUT2D eigenvalue weighted by Crippen LogP contribution is -2.40. The molecular weight excluding hydrogens is 281 g/mol. The number of nitrogens with one attached hydrogen (secondary N) is 1. The van der Waals surface area contributed by atoms with E-state index in [1.807, 2.05) is 6.92 Å². The molecule has 1 amide bonds. The largest absolute Gasteiger partial charge is 0.481 e. The summed E-state index contributed by atoms with van der Waals surface area (Å²) in [7, 11) is 0. The van der Waals surface area contributed by atoms with Crippen LogP contribution in [0.5, 0.6) is 5.75 Å². The smallest absolute Gasteiger partial charge is 0.261 e. The fraction of sp³-hybridized carbons (Fsp3) is 0.611. The molecule has 0 aliphatic rings. The summed E-state index contributed by atoms with van der Waals surface area (Å²) in [6, 6.07) is 5.75. The van der Waals surface area contributed by atoms with Gasteiger partial charge in [0, 0.05) is 6.54 Å². The van der Waals surface area contributed by atoms with Crippen molar-refractivity contribution < 1.29 is 13.9 Å². The molecule has 0 fully saturated rings. The normalized spacial score (nSPS) is 13.5. The van der Waals surface area contributed by atoms with Gasteiger partial charge in [-0.2, -0.15) is 0 Å². The molecule has 0 unspecified atom stereocenters. The lowest BCUT2D eigenvalue weighted by atomic mass is 9.99. The van der Waals surface area contributed by atoms with Gasteiger partial charge < -0.3 is 10.1 Å². The number of rotatable bonds is 10. The van der Waals surface area contributed by atoms with Crippen molar-refractivity contribution in [3.63, 3.8) is 0 Å². The van der Waals surface area contributed by atoms with E-state index in [9.17, 15) is 9.18 Å². The summed E-state index contributed by atoms with van der Waals surface area (Å²) in [6.45, 7) is 6.93. The topological polar surface area (TPSA) is 38.3 Å². The third kappa shape index (κ3) is 6.46. The molecule has 2 atom stereocenters. The summed E-state index contributed by atoms with van der Waals surface area (Å²) in [5.41, 5.74) is 0. The van der Waals surface area contributed by atoms with Crippen LogP contribution in [0.25, 0.3) is 0 Å². The number of carbonyl (C=O) groups excluding carboxylic acids is 1. The van der Waals surface area contributed by atoms with Crippen LogP contribution in [-0.4, -0.2) is 18.6 Å². The predicted octanol–water partition coefficient (Wildman–Crippen LogP) is 4.32. The van der Waals surface area contributed by atoms with Crippen molar-refractivity contribution in [2.24, 2.45) is 5.92 Å². The molecule has 0 saturated carbocycles. The Labute approximate surface area is 133 Å². The molecule has 0 heterocycles. The highest BCUT2D eigenvalue weighted by atomic mass is 19.1. The number of ether oxygens (including phenoxy) is 1. The minimum Gasteiger partial charge on any atom is -0.481 e. The zero-order valence-electron chi connectivity index (χ0n) is 13.9. The van der Waals surface area contributed by atoms with Gasteiger partial charge in [0.2, 0.25) is 0 Å². The Morgan fingerprint density at radius 1 is 1.18 bits per heavy atom. The van der Waals surface area contributed by atoms with Crippen LogP contribution in [0.4, 0.5) is 4.39 Å². The first-order valence-electron chi connectivity index (χ1n) is 8.30. The van der Waals surface area contributed by atoms with Crippen molar-refractivity contribution in [3.05, 3.63) is 30.1 Å². The highest BCUT2D eigenvalue weighted by Gasteiger charge is 2.19. The highest BCUT2D eigenvalue weighted by Crippen LogP contribution is 2.15. The summed E-state index contributed by atoms with van der Waals surface area (Å²) < 4.78 is 18.5. The van der Waals surface area contributed by atoms with E-state index in [4.69, 9.17) is 4.74 Å². The first-order chi connectivity index (χ1) is 10.6. The van der Waals surface area contributed by atoms with Crippen molar-refractivity contribution in [3.8, 4) is 5.75 Å². The standard InChI is InChI=1S/C18H28FNO2/c1-4-7-8-14(5-2)13-20-18(21)17(6-3)22-16-11-9-15(19)10-12-16/h9-12,14,17H,4-8,13H2,1-3H3,(H,20,21)/t14-,17-/m0/s1. The lowest BCUT2D eigenvalue weighted by molar-refractivity contribution is -0.128. The van der Waals surface area contributed by atoms with E-state index in [1.54, 1.807) is 12.1 Å². The lowest BCUT2D eigenvalue weighted by Gasteiger charge is -2.20. The molecule has 0 spiro atoms. The fourth-order valence-corrected chi connectivity index (χ4v) is 2.30. The second-order valence-corrected chi connectivity index (χ2v) is 5.63. The van der Waals surface area contributed by atoms with Crippen molar-refractivity contribution in [2.45, 2.75) is 59.0 Å².